The number of halogens is 3. The van der Waals surface area contributed by atoms with E-state index < -0.39 is 22.1 Å². The van der Waals surface area contributed by atoms with E-state index in [1.807, 2.05) is 0 Å². The van der Waals surface area contributed by atoms with E-state index in [0.29, 0.717) is 17.3 Å². The van der Waals surface area contributed by atoms with E-state index in [9.17, 15) is 21.6 Å². The predicted octanol–water partition coefficient (Wildman–Crippen LogP) is 4.11. The summed E-state index contributed by atoms with van der Waals surface area (Å²) in [5.41, 5.74) is 0.896. The molecule has 13 heteroatoms. The van der Waals surface area contributed by atoms with Gasteiger partial charge >= 0.3 is 6.36 Å². The van der Waals surface area contributed by atoms with Gasteiger partial charge in [-0.2, -0.15) is 5.10 Å². The lowest BCUT2D eigenvalue weighted by molar-refractivity contribution is -0.274. The predicted molar refractivity (Wildman–Crippen MR) is 113 cm³/mol. The highest BCUT2D eigenvalue weighted by atomic mass is 32.2. The highest BCUT2D eigenvalue weighted by Gasteiger charge is 2.31. The first-order chi connectivity index (χ1) is 15.7. The molecule has 0 atom stereocenters. The Labute approximate surface area is 185 Å². The number of hydrogen-bond acceptors (Lipinski definition) is 7. The maximum absolute atomic E-state index is 12.5. The lowest BCUT2D eigenvalue weighted by Gasteiger charge is -2.11. The van der Waals surface area contributed by atoms with E-state index in [2.05, 4.69) is 29.8 Å². The Morgan fingerprint density at radius 1 is 0.939 bits per heavy atom. The topological polar surface area (TPSA) is 111 Å². The van der Waals surface area contributed by atoms with Crippen LogP contribution in [0.15, 0.2) is 84.3 Å². The fourth-order valence-electron chi connectivity index (χ4n) is 2.75. The number of hydrogen-bond donors (Lipinski definition) is 2. The van der Waals surface area contributed by atoms with Gasteiger partial charge in [0.1, 0.15) is 17.9 Å². The number of nitrogens with zero attached hydrogens (tertiary/aromatic N) is 4. The van der Waals surface area contributed by atoms with Crippen molar-refractivity contribution in [2.24, 2.45) is 0 Å². The Morgan fingerprint density at radius 2 is 1.64 bits per heavy atom. The second-order valence-electron chi connectivity index (χ2n) is 6.54. The van der Waals surface area contributed by atoms with Crippen LogP contribution in [0.2, 0.25) is 0 Å². The molecule has 0 aliphatic carbocycles. The summed E-state index contributed by atoms with van der Waals surface area (Å²) >= 11 is 0. The summed E-state index contributed by atoms with van der Waals surface area (Å²) in [4.78, 5) is 8.06. The molecule has 0 fully saturated rings. The molecule has 4 aromatic rings. The van der Waals surface area contributed by atoms with Crippen molar-refractivity contribution in [3.05, 3.63) is 79.4 Å². The van der Waals surface area contributed by atoms with Crippen LogP contribution in [-0.2, 0) is 10.0 Å². The fraction of sp³-hybridized carbons (Fsp3) is 0.0500. The lowest BCUT2D eigenvalue weighted by Crippen LogP contribution is -2.17. The Hall–Kier alpha value is -4.13. The molecular formula is C20H15F3N6O3S. The standard InChI is InChI=1S/C20H15F3N6O3S/c21-20(22,23)32-16-6-8-17(9-7-16)33(30,31)28-15-4-2-14(3-5-15)27-18-12-19(25-13-24-18)29-11-1-10-26-29/h1-13,28H,(H,24,25,27). The summed E-state index contributed by atoms with van der Waals surface area (Å²) in [7, 11) is -4.01. The molecule has 9 nitrogen and oxygen atoms in total. The van der Waals surface area contributed by atoms with Gasteiger partial charge in [-0.1, -0.05) is 0 Å². The van der Waals surface area contributed by atoms with Crippen molar-refractivity contribution in [3.8, 4) is 11.6 Å². The SMILES string of the molecule is O=S(=O)(Nc1ccc(Nc2cc(-n3cccn3)ncn2)cc1)c1ccc(OC(F)(F)F)cc1. The molecule has 33 heavy (non-hydrogen) atoms. The van der Waals surface area contributed by atoms with Crippen LogP contribution in [0.3, 0.4) is 0 Å². The number of sulfonamides is 1. The number of aromatic nitrogens is 4. The molecule has 0 amide bonds. The number of benzene rings is 2. The van der Waals surface area contributed by atoms with Crippen molar-refractivity contribution in [2.45, 2.75) is 11.3 Å². The molecule has 0 saturated carbocycles. The molecule has 2 aromatic carbocycles. The van der Waals surface area contributed by atoms with E-state index in [0.717, 1.165) is 24.3 Å². The van der Waals surface area contributed by atoms with E-state index in [1.165, 1.54) is 18.5 Å². The molecule has 0 aliphatic heterocycles. The summed E-state index contributed by atoms with van der Waals surface area (Å²) in [6.45, 7) is 0. The second-order valence-corrected chi connectivity index (χ2v) is 8.22. The number of nitrogens with one attached hydrogen (secondary N) is 2. The van der Waals surface area contributed by atoms with Crippen LogP contribution in [0.1, 0.15) is 0 Å². The van der Waals surface area contributed by atoms with Crippen molar-refractivity contribution in [1.82, 2.24) is 19.7 Å². The molecule has 4 rings (SSSR count). The first-order valence-corrected chi connectivity index (χ1v) is 10.7. The minimum atomic E-state index is -4.86. The van der Waals surface area contributed by atoms with Crippen LogP contribution >= 0.6 is 0 Å². The highest BCUT2D eigenvalue weighted by molar-refractivity contribution is 7.92. The fourth-order valence-corrected chi connectivity index (χ4v) is 3.81. The van der Waals surface area contributed by atoms with Crippen molar-refractivity contribution < 1.29 is 26.3 Å². The van der Waals surface area contributed by atoms with Crippen molar-refractivity contribution >= 4 is 27.2 Å². The monoisotopic (exact) mass is 476 g/mol. The average molecular weight is 476 g/mol. The van der Waals surface area contributed by atoms with Gasteiger partial charge in [-0.3, -0.25) is 4.72 Å². The molecular weight excluding hydrogens is 461 g/mol. The Bertz CT molecular complexity index is 1330. The van der Waals surface area contributed by atoms with E-state index in [-0.39, 0.29) is 10.6 Å². The number of rotatable bonds is 7. The third kappa shape index (κ3) is 5.77. The van der Waals surface area contributed by atoms with Crippen LogP contribution in [0.4, 0.5) is 30.4 Å². The van der Waals surface area contributed by atoms with Gasteiger partial charge in [0.2, 0.25) is 0 Å². The minimum Gasteiger partial charge on any atom is -0.406 e. The van der Waals surface area contributed by atoms with E-state index >= 15 is 0 Å². The zero-order chi connectivity index (χ0) is 23.5. The molecule has 2 aromatic heterocycles. The van der Waals surface area contributed by atoms with Gasteiger partial charge in [0.25, 0.3) is 10.0 Å². The second kappa shape index (κ2) is 8.78. The third-order valence-electron chi connectivity index (χ3n) is 4.17. The first-order valence-electron chi connectivity index (χ1n) is 9.26. The van der Waals surface area contributed by atoms with Crippen LogP contribution in [0, 0.1) is 0 Å². The molecule has 2 N–H and O–H groups in total. The van der Waals surface area contributed by atoms with Gasteiger partial charge in [-0.25, -0.2) is 23.1 Å². The number of anilines is 3. The van der Waals surface area contributed by atoms with Crippen LogP contribution in [-0.4, -0.2) is 34.5 Å². The molecule has 2 heterocycles. The quantitative estimate of drug-likeness (QED) is 0.413. The third-order valence-corrected chi connectivity index (χ3v) is 5.57. The summed E-state index contributed by atoms with van der Waals surface area (Å²) in [5, 5.41) is 7.18. The summed E-state index contributed by atoms with van der Waals surface area (Å²) in [5.74, 6) is 0.552. The summed E-state index contributed by atoms with van der Waals surface area (Å²) in [6, 6.07) is 13.7. The maximum atomic E-state index is 12.5. The molecule has 170 valence electrons. The Balaban J connectivity index is 1.42. The first kappa shape index (κ1) is 22.1. The van der Waals surface area contributed by atoms with Gasteiger partial charge in [0, 0.05) is 29.8 Å². The molecule has 0 spiro atoms. The van der Waals surface area contributed by atoms with Crippen molar-refractivity contribution in [3.63, 3.8) is 0 Å². The van der Waals surface area contributed by atoms with Crippen LogP contribution < -0.4 is 14.8 Å². The number of alkyl halides is 3. The maximum Gasteiger partial charge on any atom is 0.573 e. The normalized spacial score (nSPS) is 11.7. The van der Waals surface area contributed by atoms with Gasteiger partial charge in [-0.15, -0.1) is 13.2 Å². The molecule has 0 saturated heterocycles. The Morgan fingerprint density at radius 3 is 2.27 bits per heavy atom. The molecule has 0 aliphatic rings. The largest absolute Gasteiger partial charge is 0.573 e. The highest BCUT2D eigenvalue weighted by Crippen LogP contribution is 2.25. The summed E-state index contributed by atoms with van der Waals surface area (Å²) < 4.78 is 69.4. The minimum absolute atomic E-state index is 0.216. The zero-order valence-corrected chi connectivity index (χ0v) is 17.4. The van der Waals surface area contributed by atoms with Crippen LogP contribution in [0.5, 0.6) is 5.75 Å². The molecule has 0 radical (unpaired) electrons. The zero-order valence-electron chi connectivity index (χ0n) is 16.6. The van der Waals surface area contributed by atoms with Gasteiger partial charge in [-0.05, 0) is 54.6 Å². The van der Waals surface area contributed by atoms with Crippen molar-refractivity contribution in [2.75, 3.05) is 10.0 Å². The smallest absolute Gasteiger partial charge is 0.406 e. The van der Waals surface area contributed by atoms with Crippen LogP contribution in [0.25, 0.3) is 5.82 Å². The average Bonchev–Trinajstić information content (AvgIpc) is 3.30. The Kier molecular flexibility index (Phi) is 5.87. The van der Waals surface area contributed by atoms with Gasteiger partial charge in [0.05, 0.1) is 4.90 Å². The summed E-state index contributed by atoms with van der Waals surface area (Å²) in [6.07, 6.45) is -0.114. The van der Waals surface area contributed by atoms with Gasteiger partial charge < -0.3 is 10.1 Å². The van der Waals surface area contributed by atoms with Crippen molar-refractivity contribution in [1.29, 1.82) is 0 Å². The number of ether oxygens (including phenoxy) is 1. The van der Waals surface area contributed by atoms with E-state index in [1.54, 1.807) is 41.3 Å². The van der Waals surface area contributed by atoms with E-state index in [4.69, 9.17) is 0 Å². The molecule has 0 bridgehead atoms. The molecule has 0 unspecified atom stereocenters. The lowest BCUT2D eigenvalue weighted by atomic mass is 10.3. The van der Waals surface area contributed by atoms with Gasteiger partial charge in [0.15, 0.2) is 5.82 Å².